The van der Waals surface area contributed by atoms with Crippen LogP contribution in [0.2, 0.25) is 0 Å². The highest BCUT2D eigenvalue weighted by Crippen LogP contribution is 2.55. The van der Waals surface area contributed by atoms with Gasteiger partial charge in [-0.1, -0.05) is 48.5 Å². The van der Waals surface area contributed by atoms with E-state index in [-0.39, 0.29) is 23.3 Å². The number of rotatable bonds is 0. The average Bonchev–Trinajstić information content (AvgIpc) is 2.66. The van der Waals surface area contributed by atoms with E-state index in [4.69, 9.17) is 6.57 Å². The lowest BCUT2D eigenvalue weighted by Crippen LogP contribution is -2.30. The van der Waals surface area contributed by atoms with Crippen molar-refractivity contribution in [2.45, 2.75) is 25.7 Å². The molecule has 3 aliphatic carbocycles. The highest BCUT2D eigenvalue weighted by Gasteiger charge is 2.46. The minimum Gasteiger partial charge on any atom is -0.358 e. The molecule has 1 aromatic heterocycles. The zero-order valence-corrected chi connectivity index (χ0v) is 14.4. The molecule has 2 atom stereocenters. The highest BCUT2D eigenvalue weighted by molar-refractivity contribution is 5.68. The van der Waals surface area contributed by atoms with Crippen LogP contribution in [0.3, 0.4) is 0 Å². The summed E-state index contributed by atoms with van der Waals surface area (Å²) in [5.41, 5.74) is 9.25. The zero-order valence-electron chi connectivity index (χ0n) is 14.4. The Bertz CT molecular complexity index is 1190. The number of aromatic nitrogens is 2. The summed E-state index contributed by atoms with van der Waals surface area (Å²) in [6.45, 7) is 11.6. The second kappa shape index (κ2) is 5.00. The fraction of sp³-hybridized carbons (Fsp3) is 0.182. The largest absolute Gasteiger partial charge is 0.358 e. The lowest BCUT2D eigenvalue weighted by Gasteiger charge is -2.40. The summed E-state index contributed by atoms with van der Waals surface area (Å²) in [5.74, 6) is 0.0457. The van der Waals surface area contributed by atoms with E-state index in [1.807, 2.05) is 12.1 Å². The fourth-order valence-electron chi connectivity index (χ4n) is 4.61. The van der Waals surface area contributed by atoms with E-state index in [9.17, 15) is 5.26 Å². The molecule has 0 spiro atoms. The Balaban J connectivity index is 1.92. The summed E-state index contributed by atoms with van der Waals surface area (Å²) >= 11 is 0. The van der Waals surface area contributed by atoms with Gasteiger partial charge in [0.25, 0.3) is 0 Å². The molecule has 2 bridgehead atoms. The molecule has 4 heteroatoms. The molecule has 26 heavy (non-hydrogen) atoms. The first-order chi connectivity index (χ1) is 12.6. The van der Waals surface area contributed by atoms with Crippen LogP contribution >= 0.6 is 0 Å². The Kier molecular flexibility index (Phi) is 2.85. The molecule has 0 aliphatic heterocycles. The van der Waals surface area contributed by atoms with E-state index < -0.39 is 0 Å². The van der Waals surface area contributed by atoms with Gasteiger partial charge in [-0.3, -0.25) is 0 Å². The molecule has 0 radical (unpaired) electrons. The summed E-state index contributed by atoms with van der Waals surface area (Å²) in [6.07, 6.45) is 0. The van der Waals surface area contributed by atoms with Crippen LogP contribution in [0.5, 0.6) is 0 Å². The lowest BCUT2D eigenvalue weighted by atomic mass is 9.63. The molecule has 0 fully saturated rings. The molecular weight excluding hydrogens is 320 g/mol. The van der Waals surface area contributed by atoms with Gasteiger partial charge in [0.2, 0.25) is 0 Å². The van der Waals surface area contributed by atoms with Crippen LogP contribution in [0.4, 0.5) is 5.82 Å². The van der Waals surface area contributed by atoms with Crippen molar-refractivity contribution in [3.05, 3.63) is 98.3 Å². The van der Waals surface area contributed by atoms with E-state index in [0.29, 0.717) is 0 Å². The molecule has 6 rings (SSSR count). The molecule has 0 N–H and O–H groups in total. The number of hydrogen-bond acceptors (Lipinski definition) is 3. The summed E-state index contributed by atoms with van der Waals surface area (Å²) in [5, 5.41) is 9.40. The van der Waals surface area contributed by atoms with E-state index in [1.165, 1.54) is 33.4 Å². The van der Waals surface area contributed by atoms with Gasteiger partial charge in [0.05, 0.1) is 17.5 Å². The van der Waals surface area contributed by atoms with Gasteiger partial charge < -0.3 is 4.85 Å². The van der Waals surface area contributed by atoms with Crippen LogP contribution in [0.1, 0.15) is 62.3 Å². The third kappa shape index (κ3) is 1.71. The Morgan fingerprint density at radius 2 is 1.69 bits per heavy atom. The van der Waals surface area contributed by atoms with Crippen LogP contribution in [-0.2, 0) is 0 Å². The molecule has 3 aliphatic rings. The predicted molar refractivity (Wildman–Crippen MR) is 97.3 cm³/mol. The Morgan fingerprint density at radius 3 is 2.38 bits per heavy atom. The Morgan fingerprint density at radius 1 is 1.00 bits per heavy atom. The van der Waals surface area contributed by atoms with Crippen molar-refractivity contribution in [3.8, 4) is 6.07 Å². The van der Waals surface area contributed by atoms with E-state index in [0.717, 1.165) is 11.4 Å². The monoisotopic (exact) mass is 334 g/mol. The first kappa shape index (κ1) is 14.8. The van der Waals surface area contributed by atoms with Gasteiger partial charge in [-0.25, -0.2) is 4.98 Å². The van der Waals surface area contributed by atoms with Gasteiger partial charge in [-0.2, -0.15) is 5.26 Å². The zero-order chi connectivity index (χ0) is 18.0. The highest BCUT2D eigenvalue weighted by atomic mass is 15.0. The van der Waals surface area contributed by atoms with E-state index >= 15 is 0 Å². The number of benzene rings is 2. The summed E-state index contributed by atoms with van der Waals surface area (Å²) in [4.78, 5) is 12.6. The van der Waals surface area contributed by atoms with Crippen molar-refractivity contribution in [2.24, 2.45) is 0 Å². The summed E-state index contributed by atoms with van der Waals surface area (Å²) in [6, 6.07) is 14.9. The van der Waals surface area contributed by atoms with Gasteiger partial charge in [-0.15, -0.1) is 4.98 Å². The van der Waals surface area contributed by atoms with Crippen LogP contribution in [0, 0.1) is 31.8 Å². The van der Waals surface area contributed by atoms with Gasteiger partial charge in [0, 0.05) is 0 Å². The van der Waals surface area contributed by atoms with Gasteiger partial charge >= 0.3 is 5.82 Å². The second-order valence-electron chi connectivity index (χ2n) is 6.97. The first-order valence-corrected chi connectivity index (χ1v) is 8.53. The van der Waals surface area contributed by atoms with Crippen molar-refractivity contribution in [1.29, 1.82) is 5.26 Å². The predicted octanol–water partition coefficient (Wildman–Crippen LogP) is 4.50. The molecule has 2 unspecified atom stereocenters. The standard InChI is InChI=1S/C22H14N4/c1-11-8-12(2)17-15(9-11)18-13-6-4-5-7-14(13)19(17)21-20(18)25-16(10-23)22(24-3)26-21/h4-9,18-19H,1-2H3. The molecule has 122 valence electrons. The maximum Gasteiger partial charge on any atom is 0.306 e. The minimum atomic E-state index is -0.0285. The molecule has 3 aromatic rings. The smallest absolute Gasteiger partial charge is 0.306 e. The van der Waals surface area contributed by atoms with Crippen LogP contribution in [0.15, 0.2) is 36.4 Å². The molecule has 4 nitrogen and oxygen atoms in total. The average molecular weight is 334 g/mol. The maximum absolute atomic E-state index is 9.40. The van der Waals surface area contributed by atoms with Gasteiger partial charge in [0.1, 0.15) is 6.07 Å². The number of nitrogens with zero attached hydrogens (tertiary/aromatic N) is 4. The third-order valence-electron chi connectivity index (χ3n) is 5.47. The quantitative estimate of drug-likeness (QED) is 0.392. The van der Waals surface area contributed by atoms with Crippen molar-refractivity contribution < 1.29 is 0 Å². The van der Waals surface area contributed by atoms with Gasteiger partial charge in [-0.05, 0) is 41.7 Å². The van der Waals surface area contributed by atoms with Crippen LogP contribution < -0.4 is 0 Å². The first-order valence-electron chi connectivity index (χ1n) is 8.53. The Hall–Kier alpha value is -3.50. The van der Waals surface area contributed by atoms with Crippen molar-refractivity contribution in [3.63, 3.8) is 0 Å². The molecule has 0 saturated heterocycles. The maximum atomic E-state index is 9.40. The van der Waals surface area contributed by atoms with Crippen LogP contribution in [-0.4, -0.2) is 9.97 Å². The summed E-state index contributed by atoms with van der Waals surface area (Å²) in [7, 11) is 0. The van der Waals surface area contributed by atoms with Crippen molar-refractivity contribution in [2.75, 3.05) is 0 Å². The number of aryl methyl sites for hydroxylation is 2. The Labute approximate surface area is 151 Å². The summed E-state index contributed by atoms with van der Waals surface area (Å²) < 4.78 is 0. The minimum absolute atomic E-state index is 0.0254. The molecule has 1 heterocycles. The molecule has 0 saturated carbocycles. The molecule has 0 amide bonds. The number of nitriles is 1. The van der Waals surface area contributed by atoms with E-state index in [2.05, 4.69) is 59.0 Å². The number of hydrogen-bond donors (Lipinski definition) is 0. The van der Waals surface area contributed by atoms with Gasteiger partial charge in [0.15, 0.2) is 11.4 Å². The molecular formula is C22H14N4. The van der Waals surface area contributed by atoms with Crippen molar-refractivity contribution >= 4 is 5.82 Å². The van der Waals surface area contributed by atoms with Crippen molar-refractivity contribution in [1.82, 2.24) is 9.97 Å². The third-order valence-corrected chi connectivity index (χ3v) is 5.47. The topological polar surface area (TPSA) is 53.9 Å². The fourth-order valence-corrected chi connectivity index (χ4v) is 4.61. The second-order valence-corrected chi connectivity index (χ2v) is 6.97. The SMILES string of the molecule is [C-]#[N+]c1nc2c(nc1C#N)C1c3ccccc3C2c2c(C)cc(C)cc21. The van der Waals surface area contributed by atoms with E-state index in [1.54, 1.807) is 0 Å². The lowest BCUT2D eigenvalue weighted by molar-refractivity contribution is 0.695. The van der Waals surface area contributed by atoms with Crippen LogP contribution in [0.25, 0.3) is 4.85 Å². The molecule has 2 aromatic carbocycles. The normalized spacial score (nSPS) is 18.3.